The highest BCUT2D eigenvalue weighted by atomic mass is 35.5. The van der Waals surface area contributed by atoms with Gasteiger partial charge in [0.25, 0.3) is 0 Å². The fraction of sp³-hybridized carbons (Fsp3) is 0.286. The van der Waals surface area contributed by atoms with Crippen LogP contribution in [0.4, 0.5) is 17.5 Å². The number of hydrogen-bond acceptors (Lipinski definition) is 4. The lowest BCUT2D eigenvalue weighted by Gasteiger charge is -2.12. The van der Waals surface area contributed by atoms with Crippen LogP contribution in [0.15, 0.2) is 24.3 Å². The van der Waals surface area contributed by atoms with E-state index >= 15 is 0 Å². The van der Waals surface area contributed by atoms with Gasteiger partial charge in [-0.1, -0.05) is 29.3 Å². The third-order valence-electron chi connectivity index (χ3n) is 2.49. The molecule has 106 valence electrons. The van der Waals surface area contributed by atoms with Crippen LogP contribution in [-0.2, 0) is 0 Å². The molecule has 0 aliphatic heterocycles. The van der Waals surface area contributed by atoms with Gasteiger partial charge in [0.05, 0.1) is 15.7 Å². The Labute approximate surface area is 128 Å². The van der Waals surface area contributed by atoms with Crippen LogP contribution < -0.4 is 10.6 Å². The molecule has 6 heteroatoms. The molecule has 0 fully saturated rings. The Morgan fingerprint density at radius 3 is 2.60 bits per heavy atom. The number of nitrogens with one attached hydrogen (secondary N) is 2. The second-order valence-electron chi connectivity index (χ2n) is 4.74. The van der Waals surface area contributed by atoms with E-state index in [-0.39, 0.29) is 0 Å². The van der Waals surface area contributed by atoms with E-state index in [1.807, 2.05) is 25.1 Å². The van der Waals surface area contributed by atoms with E-state index in [0.29, 0.717) is 27.7 Å². The van der Waals surface area contributed by atoms with Gasteiger partial charge in [0.15, 0.2) is 0 Å². The van der Waals surface area contributed by atoms with Crippen molar-refractivity contribution in [3.8, 4) is 0 Å². The Morgan fingerprint density at radius 1 is 1.15 bits per heavy atom. The zero-order valence-corrected chi connectivity index (χ0v) is 13.0. The summed E-state index contributed by atoms with van der Waals surface area (Å²) < 4.78 is 0. The van der Waals surface area contributed by atoms with Gasteiger partial charge in [0.2, 0.25) is 5.95 Å². The number of hydrogen-bond donors (Lipinski definition) is 2. The summed E-state index contributed by atoms with van der Waals surface area (Å²) in [7, 11) is 0. The zero-order chi connectivity index (χ0) is 14.7. The van der Waals surface area contributed by atoms with Crippen molar-refractivity contribution >= 4 is 40.7 Å². The second-order valence-corrected chi connectivity index (χ2v) is 5.53. The van der Waals surface area contributed by atoms with Crippen LogP contribution in [0.25, 0.3) is 0 Å². The minimum atomic E-state index is 0.298. The summed E-state index contributed by atoms with van der Waals surface area (Å²) in [5.41, 5.74) is 1.55. The van der Waals surface area contributed by atoms with Crippen molar-refractivity contribution in [1.29, 1.82) is 0 Å². The van der Waals surface area contributed by atoms with E-state index in [4.69, 9.17) is 23.2 Å². The van der Waals surface area contributed by atoms with Crippen LogP contribution in [0.5, 0.6) is 0 Å². The number of nitrogens with zero attached hydrogens (tertiary/aromatic N) is 2. The molecule has 0 saturated heterocycles. The van der Waals surface area contributed by atoms with Gasteiger partial charge >= 0.3 is 0 Å². The van der Waals surface area contributed by atoms with Gasteiger partial charge in [0, 0.05) is 17.8 Å². The quantitative estimate of drug-likeness (QED) is 0.862. The molecule has 1 heterocycles. The Hall–Kier alpha value is -1.52. The van der Waals surface area contributed by atoms with Crippen molar-refractivity contribution in [2.45, 2.75) is 26.8 Å². The fourth-order valence-electron chi connectivity index (χ4n) is 1.71. The number of rotatable bonds is 4. The second kappa shape index (κ2) is 6.29. The minimum absolute atomic E-state index is 0.298. The van der Waals surface area contributed by atoms with Gasteiger partial charge in [-0.3, -0.25) is 0 Å². The van der Waals surface area contributed by atoms with Crippen LogP contribution >= 0.6 is 23.2 Å². The molecular formula is C14H16Cl2N4. The van der Waals surface area contributed by atoms with Crippen molar-refractivity contribution in [3.05, 3.63) is 40.0 Å². The Bertz CT molecular complexity index is 614. The highest BCUT2D eigenvalue weighted by molar-refractivity contribution is 6.43. The first-order valence-corrected chi connectivity index (χ1v) is 7.04. The molecule has 0 unspecified atom stereocenters. The van der Waals surface area contributed by atoms with Crippen LogP contribution in [0.2, 0.25) is 10.0 Å². The normalized spacial score (nSPS) is 10.7. The summed E-state index contributed by atoms with van der Waals surface area (Å²) in [5.74, 6) is 1.26. The topological polar surface area (TPSA) is 49.8 Å². The maximum Gasteiger partial charge on any atom is 0.229 e. The van der Waals surface area contributed by atoms with E-state index in [0.717, 1.165) is 11.5 Å². The first kappa shape index (κ1) is 14.9. The van der Waals surface area contributed by atoms with E-state index < -0.39 is 0 Å². The predicted octanol–water partition coefficient (Wildman–Crippen LogP) is 4.66. The molecule has 0 aliphatic carbocycles. The first-order chi connectivity index (χ1) is 9.45. The van der Waals surface area contributed by atoms with E-state index in [1.54, 1.807) is 6.07 Å². The molecule has 1 aromatic heterocycles. The summed E-state index contributed by atoms with van der Waals surface area (Å²) in [6, 6.07) is 7.57. The number of aryl methyl sites for hydroxylation is 1. The summed E-state index contributed by atoms with van der Waals surface area (Å²) in [5, 5.41) is 7.28. The summed E-state index contributed by atoms with van der Waals surface area (Å²) in [6.07, 6.45) is 0. The Morgan fingerprint density at radius 2 is 1.90 bits per heavy atom. The molecule has 0 atom stereocenters. The molecule has 2 rings (SSSR count). The smallest absolute Gasteiger partial charge is 0.229 e. The lowest BCUT2D eigenvalue weighted by atomic mass is 10.3. The summed E-state index contributed by atoms with van der Waals surface area (Å²) in [6.45, 7) is 6.02. The fourth-order valence-corrected chi connectivity index (χ4v) is 2.06. The monoisotopic (exact) mass is 310 g/mol. The molecule has 0 radical (unpaired) electrons. The summed E-state index contributed by atoms with van der Waals surface area (Å²) in [4.78, 5) is 8.75. The van der Waals surface area contributed by atoms with Gasteiger partial charge < -0.3 is 10.6 Å². The van der Waals surface area contributed by atoms with Gasteiger partial charge in [-0.25, -0.2) is 4.98 Å². The first-order valence-electron chi connectivity index (χ1n) is 6.29. The molecule has 1 aromatic carbocycles. The largest absolute Gasteiger partial charge is 0.368 e. The van der Waals surface area contributed by atoms with Crippen molar-refractivity contribution < 1.29 is 0 Å². The zero-order valence-electron chi connectivity index (χ0n) is 11.5. The summed E-state index contributed by atoms with van der Waals surface area (Å²) >= 11 is 12.1. The van der Waals surface area contributed by atoms with Gasteiger partial charge in [0.1, 0.15) is 5.82 Å². The lowest BCUT2D eigenvalue weighted by molar-refractivity contribution is 0.885. The number of aromatic nitrogens is 2. The molecule has 0 spiro atoms. The third-order valence-corrected chi connectivity index (χ3v) is 3.31. The van der Waals surface area contributed by atoms with E-state index in [9.17, 15) is 0 Å². The molecule has 4 nitrogen and oxygen atoms in total. The molecule has 20 heavy (non-hydrogen) atoms. The van der Waals surface area contributed by atoms with E-state index in [1.165, 1.54) is 0 Å². The minimum Gasteiger partial charge on any atom is -0.368 e. The van der Waals surface area contributed by atoms with Crippen LogP contribution in [0, 0.1) is 6.92 Å². The van der Waals surface area contributed by atoms with E-state index in [2.05, 4.69) is 34.4 Å². The third kappa shape index (κ3) is 3.74. The molecule has 0 aliphatic rings. The number of anilines is 3. The molecule has 0 bridgehead atoms. The highest BCUT2D eigenvalue weighted by Crippen LogP contribution is 2.31. The average molecular weight is 311 g/mol. The maximum atomic E-state index is 6.14. The van der Waals surface area contributed by atoms with Crippen molar-refractivity contribution in [2.75, 3.05) is 10.6 Å². The maximum absolute atomic E-state index is 6.14. The average Bonchev–Trinajstić information content (AvgIpc) is 2.33. The van der Waals surface area contributed by atoms with Crippen molar-refractivity contribution in [3.63, 3.8) is 0 Å². The molecule has 2 N–H and O–H groups in total. The lowest BCUT2D eigenvalue weighted by Crippen LogP contribution is -2.12. The van der Waals surface area contributed by atoms with Gasteiger partial charge in [-0.15, -0.1) is 0 Å². The van der Waals surface area contributed by atoms with Crippen molar-refractivity contribution in [2.24, 2.45) is 0 Å². The van der Waals surface area contributed by atoms with Crippen LogP contribution in [-0.4, -0.2) is 16.0 Å². The Kier molecular flexibility index (Phi) is 4.68. The molecule has 0 saturated carbocycles. The molecule has 2 aromatic rings. The number of benzene rings is 1. The number of halogens is 2. The van der Waals surface area contributed by atoms with Crippen molar-refractivity contribution in [1.82, 2.24) is 9.97 Å². The molecule has 0 amide bonds. The van der Waals surface area contributed by atoms with Crippen LogP contribution in [0.3, 0.4) is 0 Å². The van der Waals surface area contributed by atoms with Crippen LogP contribution in [0.1, 0.15) is 19.5 Å². The Balaban J connectivity index is 2.29. The van der Waals surface area contributed by atoms with Gasteiger partial charge in [-0.05, 0) is 32.9 Å². The van der Waals surface area contributed by atoms with Gasteiger partial charge in [-0.2, -0.15) is 4.98 Å². The predicted molar refractivity (Wildman–Crippen MR) is 85.3 cm³/mol. The SMILES string of the molecule is Cc1cc(NC(C)C)nc(Nc2cccc(Cl)c2Cl)n1. The standard InChI is InChI=1S/C14H16Cl2N4/c1-8(2)17-12-7-9(3)18-14(20-12)19-11-6-4-5-10(15)13(11)16/h4-8H,1-3H3,(H2,17,18,19,20). The molecular weight excluding hydrogens is 295 g/mol. The highest BCUT2D eigenvalue weighted by Gasteiger charge is 2.08.